The van der Waals surface area contributed by atoms with Gasteiger partial charge in [0.1, 0.15) is 12.1 Å². The number of carbonyl (C=O) groups is 1. The minimum atomic E-state index is -0.0396. The smallest absolute Gasteiger partial charge is 0.289 e. The zero-order valence-corrected chi connectivity index (χ0v) is 14.2. The lowest BCUT2D eigenvalue weighted by Crippen LogP contribution is -2.45. The van der Waals surface area contributed by atoms with Crippen LogP contribution in [0.2, 0.25) is 0 Å². The number of carbonyl (C=O) groups excluding carboxylic acids is 1. The van der Waals surface area contributed by atoms with Gasteiger partial charge in [-0.2, -0.15) is 0 Å². The zero-order valence-electron chi connectivity index (χ0n) is 14.2. The van der Waals surface area contributed by atoms with Crippen molar-refractivity contribution in [2.24, 2.45) is 0 Å². The number of nitrogens with zero attached hydrogens (tertiary/aromatic N) is 3. The van der Waals surface area contributed by atoms with Gasteiger partial charge in [-0.05, 0) is 37.9 Å². The van der Waals surface area contributed by atoms with Crippen LogP contribution in [-0.4, -0.2) is 53.0 Å². The van der Waals surface area contributed by atoms with Crippen molar-refractivity contribution in [3.8, 4) is 0 Å². The Balaban J connectivity index is 1.47. The fourth-order valence-corrected chi connectivity index (χ4v) is 3.63. The Morgan fingerprint density at radius 1 is 1.32 bits per heavy atom. The molecule has 0 saturated carbocycles. The van der Waals surface area contributed by atoms with Crippen molar-refractivity contribution in [3.63, 3.8) is 0 Å². The number of furan rings is 1. The van der Waals surface area contributed by atoms with Crippen molar-refractivity contribution in [2.45, 2.75) is 31.7 Å². The van der Waals surface area contributed by atoms with Crippen LogP contribution in [0.4, 0.5) is 5.82 Å². The molecule has 2 aromatic heterocycles. The highest BCUT2D eigenvalue weighted by molar-refractivity contribution is 5.91. The molecule has 4 heterocycles. The Morgan fingerprint density at radius 3 is 3.12 bits per heavy atom. The van der Waals surface area contributed by atoms with Crippen LogP contribution in [0, 0.1) is 0 Å². The van der Waals surface area contributed by atoms with Gasteiger partial charge in [0.15, 0.2) is 5.76 Å². The van der Waals surface area contributed by atoms with Gasteiger partial charge in [0.05, 0.1) is 12.0 Å². The Hall–Kier alpha value is -2.41. The molecule has 0 radical (unpaired) electrons. The predicted molar refractivity (Wildman–Crippen MR) is 93.6 cm³/mol. The van der Waals surface area contributed by atoms with E-state index >= 15 is 0 Å². The van der Waals surface area contributed by atoms with Crippen LogP contribution in [0.15, 0.2) is 29.1 Å². The number of hydrogen-bond donors (Lipinski definition) is 2. The van der Waals surface area contributed by atoms with Gasteiger partial charge in [0.2, 0.25) is 0 Å². The maximum atomic E-state index is 12.5. The number of nitrogens with one attached hydrogen (secondary N) is 2. The number of fused-ring (bicyclic) bond motifs is 1. The van der Waals surface area contributed by atoms with Crippen molar-refractivity contribution >= 4 is 11.7 Å². The second kappa shape index (κ2) is 7.23. The maximum absolute atomic E-state index is 12.5. The van der Waals surface area contributed by atoms with E-state index in [0.29, 0.717) is 12.3 Å². The monoisotopic (exact) mass is 341 g/mol. The van der Waals surface area contributed by atoms with E-state index in [-0.39, 0.29) is 11.9 Å². The minimum Gasteiger partial charge on any atom is -0.459 e. The maximum Gasteiger partial charge on any atom is 0.289 e. The second-order valence-corrected chi connectivity index (χ2v) is 6.61. The summed E-state index contributed by atoms with van der Waals surface area (Å²) >= 11 is 0. The number of rotatable bonds is 3. The van der Waals surface area contributed by atoms with Crippen molar-refractivity contribution < 1.29 is 9.21 Å². The van der Waals surface area contributed by atoms with Crippen molar-refractivity contribution in [3.05, 3.63) is 41.7 Å². The molecule has 1 saturated heterocycles. The van der Waals surface area contributed by atoms with Crippen molar-refractivity contribution in [1.82, 2.24) is 20.2 Å². The highest BCUT2D eigenvalue weighted by Crippen LogP contribution is 2.22. The van der Waals surface area contributed by atoms with Crippen LogP contribution < -0.4 is 10.6 Å². The number of amides is 1. The highest BCUT2D eigenvalue weighted by Gasteiger charge is 2.27. The van der Waals surface area contributed by atoms with Gasteiger partial charge in [0, 0.05) is 37.7 Å². The molecule has 7 nitrogen and oxygen atoms in total. The SMILES string of the molecule is O=C(c1ccco1)N1CCCC(Nc2ncnc3c2CCNCC3)C1. The topological polar surface area (TPSA) is 83.3 Å². The first-order valence-electron chi connectivity index (χ1n) is 8.94. The lowest BCUT2D eigenvalue weighted by molar-refractivity contribution is 0.0682. The number of likely N-dealkylation sites (tertiary alicyclic amines) is 1. The molecule has 0 spiro atoms. The van der Waals surface area contributed by atoms with E-state index in [0.717, 1.165) is 56.8 Å². The fraction of sp³-hybridized carbons (Fsp3) is 0.500. The van der Waals surface area contributed by atoms with E-state index in [9.17, 15) is 4.79 Å². The summed E-state index contributed by atoms with van der Waals surface area (Å²) in [6.07, 6.45) is 7.04. The van der Waals surface area contributed by atoms with Crippen LogP contribution in [0.25, 0.3) is 0 Å². The summed E-state index contributed by atoms with van der Waals surface area (Å²) in [6, 6.07) is 3.66. The van der Waals surface area contributed by atoms with Crippen LogP contribution >= 0.6 is 0 Å². The first kappa shape index (κ1) is 16.1. The van der Waals surface area contributed by atoms with Crippen LogP contribution in [-0.2, 0) is 12.8 Å². The zero-order chi connectivity index (χ0) is 17.1. The number of aromatic nitrogens is 2. The molecule has 0 aromatic carbocycles. The van der Waals surface area contributed by atoms with Crippen LogP contribution in [0.1, 0.15) is 34.7 Å². The molecule has 2 aromatic rings. The third-order valence-corrected chi connectivity index (χ3v) is 4.91. The summed E-state index contributed by atoms with van der Waals surface area (Å²) in [5.41, 5.74) is 2.34. The minimum absolute atomic E-state index is 0.0396. The Kier molecular flexibility index (Phi) is 4.65. The average Bonchev–Trinajstić information content (AvgIpc) is 3.07. The quantitative estimate of drug-likeness (QED) is 0.880. The average molecular weight is 341 g/mol. The summed E-state index contributed by atoms with van der Waals surface area (Å²) in [7, 11) is 0. The van der Waals surface area contributed by atoms with Gasteiger partial charge < -0.3 is 20.0 Å². The molecule has 7 heteroatoms. The van der Waals surface area contributed by atoms with Gasteiger partial charge in [-0.25, -0.2) is 9.97 Å². The van der Waals surface area contributed by atoms with E-state index < -0.39 is 0 Å². The predicted octanol–water partition coefficient (Wildman–Crippen LogP) is 1.47. The lowest BCUT2D eigenvalue weighted by atomic mass is 10.0. The van der Waals surface area contributed by atoms with E-state index in [1.165, 1.54) is 11.8 Å². The van der Waals surface area contributed by atoms with E-state index in [2.05, 4.69) is 20.6 Å². The van der Waals surface area contributed by atoms with E-state index in [4.69, 9.17) is 4.42 Å². The molecule has 2 aliphatic rings. The molecule has 0 aliphatic carbocycles. The molecule has 0 bridgehead atoms. The molecule has 2 N–H and O–H groups in total. The number of hydrogen-bond acceptors (Lipinski definition) is 6. The van der Waals surface area contributed by atoms with Gasteiger partial charge in [-0.3, -0.25) is 4.79 Å². The lowest BCUT2D eigenvalue weighted by Gasteiger charge is -2.33. The molecule has 1 fully saturated rings. The molecular weight excluding hydrogens is 318 g/mol. The third-order valence-electron chi connectivity index (χ3n) is 4.91. The van der Waals surface area contributed by atoms with Crippen LogP contribution in [0.3, 0.4) is 0 Å². The van der Waals surface area contributed by atoms with Gasteiger partial charge in [0.25, 0.3) is 5.91 Å². The Bertz CT molecular complexity index is 731. The molecule has 1 atom stereocenters. The first-order valence-corrected chi connectivity index (χ1v) is 8.94. The molecule has 1 unspecified atom stereocenters. The largest absolute Gasteiger partial charge is 0.459 e. The summed E-state index contributed by atoms with van der Waals surface area (Å²) in [5, 5.41) is 6.97. The van der Waals surface area contributed by atoms with Crippen molar-refractivity contribution in [1.29, 1.82) is 0 Å². The normalized spacial score (nSPS) is 20.6. The Morgan fingerprint density at radius 2 is 2.24 bits per heavy atom. The van der Waals surface area contributed by atoms with Gasteiger partial charge in [-0.15, -0.1) is 0 Å². The number of piperidine rings is 1. The molecular formula is C18H23N5O2. The van der Waals surface area contributed by atoms with Gasteiger partial charge in [-0.1, -0.05) is 0 Å². The molecule has 1 amide bonds. The highest BCUT2D eigenvalue weighted by atomic mass is 16.3. The summed E-state index contributed by atoms with van der Waals surface area (Å²) in [4.78, 5) is 23.3. The molecule has 4 rings (SSSR count). The molecule has 2 aliphatic heterocycles. The fourth-order valence-electron chi connectivity index (χ4n) is 3.63. The molecule has 132 valence electrons. The summed E-state index contributed by atoms with van der Waals surface area (Å²) < 4.78 is 5.25. The van der Waals surface area contributed by atoms with Crippen LogP contribution in [0.5, 0.6) is 0 Å². The first-order chi connectivity index (χ1) is 12.3. The second-order valence-electron chi connectivity index (χ2n) is 6.61. The van der Waals surface area contributed by atoms with E-state index in [1.807, 2.05) is 4.90 Å². The summed E-state index contributed by atoms with van der Waals surface area (Å²) in [6.45, 7) is 3.33. The Labute approximate surface area is 146 Å². The standard InChI is InChI=1S/C18H23N5O2/c24-18(16-4-2-10-25-16)23-9-1-3-13(11-23)22-17-14-5-7-19-8-6-15(14)20-12-21-17/h2,4,10,12-13,19H,1,3,5-9,11H2,(H,20,21,22). The van der Waals surface area contributed by atoms with Crippen molar-refractivity contribution in [2.75, 3.05) is 31.5 Å². The van der Waals surface area contributed by atoms with Gasteiger partial charge >= 0.3 is 0 Å². The third kappa shape index (κ3) is 3.51. The molecule has 25 heavy (non-hydrogen) atoms. The number of anilines is 1. The summed E-state index contributed by atoms with van der Waals surface area (Å²) in [5.74, 6) is 1.29. The van der Waals surface area contributed by atoms with E-state index in [1.54, 1.807) is 18.5 Å².